The van der Waals surface area contributed by atoms with Gasteiger partial charge in [0.1, 0.15) is 11.5 Å². The number of carbonyl (C=O) groups is 2. The predicted octanol–water partition coefficient (Wildman–Crippen LogP) is 4.23. The zero-order valence-electron chi connectivity index (χ0n) is 18.0. The van der Waals surface area contributed by atoms with Crippen LogP contribution in [0, 0.1) is 0 Å². The Labute approximate surface area is 172 Å². The fourth-order valence-corrected chi connectivity index (χ4v) is 3.21. The molecule has 0 aromatic heterocycles. The molecule has 7 heteroatoms. The molecule has 0 radical (unpaired) electrons. The van der Waals surface area contributed by atoms with E-state index in [1.54, 1.807) is 19.9 Å². The van der Waals surface area contributed by atoms with Crippen LogP contribution in [0.1, 0.15) is 65.5 Å². The molecule has 0 spiro atoms. The molecule has 0 bridgehead atoms. The molecule has 1 aliphatic heterocycles. The third-order valence-electron chi connectivity index (χ3n) is 4.40. The second-order valence-corrected chi connectivity index (χ2v) is 7.05. The SMILES string of the molecule is CCCCC1=C(C(=O)OC(C)C)C(c2ccc(OCC)cc2OCC)NC(=O)N1. The van der Waals surface area contributed by atoms with Crippen LogP contribution in [0.4, 0.5) is 4.79 Å². The number of carbonyl (C=O) groups excluding carboxylic acids is 2. The van der Waals surface area contributed by atoms with Crippen molar-refractivity contribution in [3.05, 3.63) is 35.0 Å². The molecule has 1 atom stereocenters. The Morgan fingerprint density at radius 1 is 1.14 bits per heavy atom. The summed E-state index contributed by atoms with van der Waals surface area (Å²) in [6.07, 6.45) is 2.11. The quantitative estimate of drug-likeness (QED) is 0.570. The van der Waals surface area contributed by atoms with E-state index in [2.05, 4.69) is 17.6 Å². The lowest BCUT2D eigenvalue weighted by atomic mass is 9.92. The number of esters is 1. The van der Waals surface area contributed by atoms with Crippen LogP contribution in [-0.2, 0) is 9.53 Å². The average Bonchev–Trinajstić information content (AvgIpc) is 2.66. The molecule has 1 unspecified atom stereocenters. The Morgan fingerprint density at radius 3 is 2.48 bits per heavy atom. The Kier molecular flexibility index (Phi) is 8.36. The van der Waals surface area contributed by atoms with Gasteiger partial charge in [0.05, 0.1) is 30.9 Å². The molecule has 0 aliphatic carbocycles. The number of hydrogen-bond donors (Lipinski definition) is 2. The highest BCUT2D eigenvalue weighted by Gasteiger charge is 2.35. The number of nitrogens with one attached hydrogen (secondary N) is 2. The predicted molar refractivity (Wildman–Crippen MR) is 111 cm³/mol. The highest BCUT2D eigenvalue weighted by atomic mass is 16.5. The van der Waals surface area contributed by atoms with Crippen LogP contribution in [0.2, 0.25) is 0 Å². The van der Waals surface area contributed by atoms with E-state index in [9.17, 15) is 9.59 Å². The fraction of sp³-hybridized carbons (Fsp3) is 0.545. The van der Waals surface area contributed by atoms with Gasteiger partial charge >= 0.3 is 12.0 Å². The molecule has 2 amide bonds. The van der Waals surface area contributed by atoms with Gasteiger partial charge in [-0.05, 0) is 52.7 Å². The Hall–Kier alpha value is -2.70. The van der Waals surface area contributed by atoms with E-state index < -0.39 is 12.0 Å². The van der Waals surface area contributed by atoms with Crippen molar-refractivity contribution in [3.63, 3.8) is 0 Å². The third kappa shape index (κ3) is 5.89. The maximum absolute atomic E-state index is 13.0. The Morgan fingerprint density at radius 2 is 1.86 bits per heavy atom. The van der Waals surface area contributed by atoms with E-state index in [0.29, 0.717) is 48.0 Å². The number of rotatable bonds is 10. The van der Waals surface area contributed by atoms with Crippen LogP contribution in [0.15, 0.2) is 29.5 Å². The van der Waals surface area contributed by atoms with Crippen LogP contribution in [0.3, 0.4) is 0 Å². The zero-order valence-corrected chi connectivity index (χ0v) is 18.0. The Balaban J connectivity index is 2.56. The summed E-state index contributed by atoms with van der Waals surface area (Å²) in [5.74, 6) is 0.789. The summed E-state index contributed by atoms with van der Waals surface area (Å²) in [4.78, 5) is 25.3. The van der Waals surface area contributed by atoms with Gasteiger partial charge in [0.2, 0.25) is 0 Å². The van der Waals surface area contributed by atoms with Crippen molar-refractivity contribution in [2.75, 3.05) is 13.2 Å². The molecule has 1 aliphatic rings. The second-order valence-electron chi connectivity index (χ2n) is 7.05. The summed E-state index contributed by atoms with van der Waals surface area (Å²) in [6, 6.07) is 4.41. The van der Waals surface area contributed by atoms with Gasteiger partial charge in [0.15, 0.2) is 0 Å². The van der Waals surface area contributed by atoms with Crippen LogP contribution >= 0.6 is 0 Å². The maximum atomic E-state index is 13.0. The molecule has 2 N–H and O–H groups in total. The molecule has 1 aromatic rings. The topological polar surface area (TPSA) is 85.9 Å². The fourth-order valence-electron chi connectivity index (χ4n) is 3.21. The monoisotopic (exact) mass is 404 g/mol. The van der Waals surface area contributed by atoms with E-state index in [4.69, 9.17) is 14.2 Å². The molecule has 29 heavy (non-hydrogen) atoms. The van der Waals surface area contributed by atoms with Gasteiger partial charge in [-0.2, -0.15) is 0 Å². The number of unbranched alkanes of at least 4 members (excludes halogenated alkanes) is 1. The second kappa shape index (κ2) is 10.7. The molecule has 1 aromatic carbocycles. The van der Waals surface area contributed by atoms with Crippen molar-refractivity contribution in [1.82, 2.24) is 10.6 Å². The third-order valence-corrected chi connectivity index (χ3v) is 4.40. The van der Waals surface area contributed by atoms with Crippen molar-refractivity contribution in [2.24, 2.45) is 0 Å². The minimum atomic E-state index is -0.668. The van der Waals surface area contributed by atoms with Crippen molar-refractivity contribution < 1.29 is 23.8 Å². The van der Waals surface area contributed by atoms with Crippen LogP contribution < -0.4 is 20.1 Å². The van der Waals surface area contributed by atoms with Gasteiger partial charge in [-0.15, -0.1) is 0 Å². The summed E-state index contributed by atoms with van der Waals surface area (Å²) < 4.78 is 16.9. The molecular weight excluding hydrogens is 372 g/mol. The van der Waals surface area contributed by atoms with Crippen LogP contribution in [0.5, 0.6) is 11.5 Å². The summed E-state index contributed by atoms with van der Waals surface area (Å²) in [5, 5.41) is 5.67. The van der Waals surface area contributed by atoms with Gasteiger partial charge in [-0.25, -0.2) is 9.59 Å². The lowest BCUT2D eigenvalue weighted by Crippen LogP contribution is -2.46. The van der Waals surface area contributed by atoms with Crippen molar-refractivity contribution in [3.8, 4) is 11.5 Å². The number of urea groups is 1. The van der Waals surface area contributed by atoms with Crippen LogP contribution in [0.25, 0.3) is 0 Å². The van der Waals surface area contributed by atoms with Crippen molar-refractivity contribution in [1.29, 1.82) is 0 Å². The van der Waals surface area contributed by atoms with Crippen molar-refractivity contribution >= 4 is 12.0 Å². The highest BCUT2D eigenvalue weighted by molar-refractivity contribution is 5.95. The normalized spacial score (nSPS) is 16.3. The lowest BCUT2D eigenvalue weighted by molar-refractivity contribution is -0.143. The average molecular weight is 405 g/mol. The Bertz CT molecular complexity index is 758. The first-order valence-electron chi connectivity index (χ1n) is 10.3. The first-order chi connectivity index (χ1) is 13.9. The largest absolute Gasteiger partial charge is 0.494 e. The van der Waals surface area contributed by atoms with Gasteiger partial charge in [0.25, 0.3) is 0 Å². The van der Waals surface area contributed by atoms with E-state index in [1.807, 2.05) is 26.0 Å². The summed E-state index contributed by atoms with van der Waals surface area (Å²) in [7, 11) is 0. The number of hydrogen-bond acceptors (Lipinski definition) is 5. The standard InChI is InChI=1S/C22H32N2O5/c1-6-9-10-17-19(21(25)29-14(4)5)20(24-22(26)23-17)16-12-11-15(27-7-2)13-18(16)28-8-3/h11-14,20H,6-10H2,1-5H3,(H2,23,24,26). The molecule has 0 saturated heterocycles. The molecule has 1 heterocycles. The number of benzene rings is 1. The van der Waals surface area contributed by atoms with Gasteiger partial charge < -0.3 is 24.8 Å². The van der Waals surface area contributed by atoms with E-state index in [0.717, 1.165) is 12.8 Å². The zero-order chi connectivity index (χ0) is 21.4. The number of ether oxygens (including phenoxy) is 3. The van der Waals surface area contributed by atoms with Crippen LogP contribution in [-0.4, -0.2) is 31.3 Å². The van der Waals surface area contributed by atoms with E-state index >= 15 is 0 Å². The molecule has 0 saturated carbocycles. The van der Waals surface area contributed by atoms with Crippen molar-refractivity contribution in [2.45, 2.75) is 66.0 Å². The smallest absolute Gasteiger partial charge is 0.338 e. The van der Waals surface area contributed by atoms with Gasteiger partial charge in [0, 0.05) is 17.3 Å². The minimum Gasteiger partial charge on any atom is -0.494 e. The van der Waals surface area contributed by atoms with E-state index in [-0.39, 0.29) is 12.1 Å². The number of amides is 2. The lowest BCUT2D eigenvalue weighted by Gasteiger charge is -2.31. The number of allylic oxidation sites excluding steroid dienone is 1. The maximum Gasteiger partial charge on any atom is 0.338 e. The highest BCUT2D eigenvalue weighted by Crippen LogP contribution is 2.37. The molecule has 0 fully saturated rings. The molecule has 7 nitrogen and oxygen atoms in total. The van der Waals surface area contributed by atoms with Gasteiger partial charge in [-0.1, -0.05) is 13.3 Å². The minimum absolute atomic E-state index is 0.271. The summed E-state index contributed by atoms with van der Waals surface area (Å²) in [5.41, 5.74) is 1.70. The molecule has 160 valence electrons. The van der Waals surface area contributed by atoms with E-state index in [1.165, 1.54) is 0 Å². The van der Waals surface area contributed by atoms with Gasteiger partial charge in [-0.3, -0.25) is 0 Å². The molecule has 2 rings (SSSR count). The first kappa shape index (κ1) is 22.6. The first-order valence-corrected chi connectivity index (χ1v) is 10.3. The molecular formula is C22H32N2O5. The summed E-state index contributed by atoms with van der Waals surface area (Å²) >= 11 is 0. The summed E-state index contributed by atoms with van der Waals surface area (Å²) in [6.45, 7) is 10.4.